The van der Waals surface area contributed by atoms with Gasteiger partial charge in [0, 0.05) is 6.04 Å². The van der Waals surface area contributed by atoms with Crippen LogP contribution in [0.25, 0.3) is 0 Å². The highest BCUT2D eigenvalue weighted by Gasteiger charge is 2.10. The molecule has 0 heterocycles. The molecule has 0 fully saturated rings. The third-order valence-electron chi connectivity index (χ3n) is 2.04. The maximum absolute atomic E-state index is 13.0. The van der Waals surface area contributed by atoms with Crippen LogP contribution >= 0.6 is 0 Å². The summed E-state index contributed by atoms with van der Waals surface area (Å²) in [7, 11) is 0. The Labute approximate surface area is 81.4 Å². The Morgan fingerprint density at radius 1 is 1.57 bits per heavy atom. The lowest BCUT2D eigenvalue weighted by Gasteiger charge is -2.09. The lowest BCUT2D eigenvalue weighted by Crippen LogP contribution is -2.10. The minimum atomic E-state index is -1.14. The molecule has 0 aromatic heterocycles. The first-order chi connectivity index (χ1) is 6.54. The highest BCUT2D eigenvalue weighted by atomic mass is 19.1. The van der Waals surface area contributed by atoms with E-state index in [1.54, 1.807) is 0 Å². The molecule has 3 nitrogen and oxygen atoms in total. The third kappa shape index (κ3) is 2.29. The maximum Gasteiger partial charge on any atom is 0.335 e. The molecule has 0 bridgehead atoms. The summed E-state index contributed by atoms with van der Waals surface area (Å²) in [4.78, 5) is 10.6. The largest absolute Gasteiger partial charge is 0.478 e. The summed E-state index contributed by atoms with van der Waals surface area (Å²) in [6, 6.07) is 3.33. The lowest BCUT2D eigenvalue weighted by molar-refractivity contribution is 0.0696. The first-order valence-electron chi connectivity index (χ1n) is 4.34. The molecule has 1 aromatic carbocycles. The molecule has 76 valence electrons. The van der Waals surface area contributed by atoms with Gasteiger partial charge < -0.3 is 10.8 Å². The van der Waals surface area contributed by atoms with Crippen LogP contribution in [-0.2, 0) is 0 Å². The molecule has 0 aliphatic carbocycles. The minimum Gasteiger partial charge on any atom is -0.478 e. The summed E-state index contributed by atoms with van der Waals surface area (Å²) in [6.07, 6.45) is 0.641. The number of carboxylic acid groups (broad SMARTS) is 1. The van der Waals surface area contributed by atoms with Crippen LogP contribution in [0.3, 0.4) is 0 Å². The van der Waals surface area contributed by atoms with Crippen molar-refractivity contribution in [3.8, 4) is 0 Å². The normalized spacial score (nSPS) is 12.5. The standard InChI is InChI=1S/C10H12FNO2/c1-2-9(12)6-3-7(10(13)14)5-8(11)4-6/h3-5,9H,2,12H2,1H3,(H,13,14)/t9-/m1/s1. The first kappa shape index (κ1) is 10.7. The summed E-state index contributed by atoms with van der Waals surface area (Å²) < 4.78 is 13.0. The second-order valence-corrected chi connectivity index (χ2v) is 3.09. The Morgan fingerprint density at radius 3 is 2.71 bits per heavy atom. The van der Waals surface area contributed by atoms with Crippen LogP contribution in [0, 0.1) is 5.82 Å². The Balaban J connectivity index is 3.13. The summed E-state index contributed by atoms with van der Waals surface area (Å²) in [5, 5.41) is 8.68. The van der Waals surface area contributed by atoms with Gasteiger partial charge in [-0.1, -0.05) is 6.92 Å². The smallest absolute Gasteiger partial charge is 0.335 e. The van der Waals surface area contributed by atoms with E-state index in [4.69, 9.17) is 10.8 Å². The highest BCUT2D eigenvalue weighted by Crippen LogP contribution is 2.17. The van der Waals surface area contributed by atoms with Crippen LogP contribution in [0.5, 0.6) is 0 Å². The van der Waals surface area contributed by atoms with E-state index in [1.807, 2.05) is 6.92 Å². The van der Waals surface area contributed by atoms with Crippen molar-refractivity contribution in [2.24, 2.45) is 5.73 Å². The molecule has 0 saturated heterocycles. The van der Waals surface area contributed by atoms with E-state index in [1.165, 1.54) is 12.1 Å². The van der Waals surface area contributed by atoms with Crippen LogP contribution in [0.4, 0.5) is 4.39 Å². The van der Waals surface area contributed by atoms with Crippen LogP contribution < -0.4 is 5.73 Å². The van der Waals surface area contributed by atoms with Gasteiger partial charge in [0.25, 0.3) is 0 Å². The number of hydrogen-bond acceptors (Lipinski definition) is 2. The van der Waals surface area contributed by atoms with Gasteiger partial charge in [-0.25, -0.2) is 9.18 Å². The number of nitrogens with two attached hydrogens (primary N) is 1. The van der Waals surface area contributed by atoms with Crippen molar-refractivity contribution < 1.29 is 14.3 Å². The van der Waals surface area contributed by atoms with Crippen LogP contribution in [0.1, 0.15) is 35.3 Å². The molecular formula is C10H12FNO2. The molecule has 0 radical (unpaired) electrons. The van der Waals surface area contributed by atoms with E-state index in [2.05, 4.69) is 0 Å². The number of carbonyl (C=O) groups is 1. The van der Waals surface area contributed by atoms with Crippen molar-refractivity contribution in [2.45, 2.75) is 19.4 Å². The SMILES string of the molecule is CC[C@@H](N)c1cc(F)cc(C(=O)O)c1. The van der Waals surface area contributed by atoms with Gasteiger partial charge >= 0.3 is 5.97 Å². The van der Waals surface area contributed by atoms with E-state index < -0.39 is 11.8 Å². The number of hydrogen-bond donors (Lipinski definition) is 2. The van der Waals surface area contributed by atoms with E-state index >= 15 is 0 Å². The van der Waals surface area contributed by atoms with Crippen molar-refractivity contribution >= 4 is 5.97 Å². The molecule has 0 amide bonds. The molecule has 0 spiro atoms. The second kappa shape index (κ2) is 4.19. The van der Waals surface area contributed by atoms with Gasteiger partial charge in [-0.2, -0.15) is 0 Å². The predicted molar refractivity (Wildman–Crippen MR) is 50.6 cm³/mol. The Morgan fingerprint density at radius 2 is 2.21 bits per heavy atom. The molecule has 1 rings (SSSR count). The number of carboxylic acids is 1. The first-order valence-corrected chi connectivity index (χ1v) is 4.34. The van der Waals surface area contributed by atoms with Gasteiger partial charge in [-0.15, -0.1) is 0 Å². The molecule has 1 aromatic rings. The number of aromatic carboxylic acids is 1. The van der Waals surface area contributed by atoms with Crippen LogP contribution in [0.15, 0.2) is 18.2 Å². The van der Waals surface area contributed by atoms with E-state index in [0.717, 1.165) is 6.07 Å². The van der Waals surface area contributed by atoms with Gasteiger partial charge in [0.2, 0.25) is 0 Å². The van der Waals surface area contributed by atoms with Gasteiger partial charge in [0.1, 0.15) is 5.82 Å². The number of benzene rings is 1. The van der Waals surface area contributed by atoms with Crippen molar-refractivity contribution in [2.75, 3.05) is 0 Å². The molecule has 0 saturated carbocycles. The summed E-state index contributed by atoms with van der Waals surface area (Å²) in [5.74, 6) is -1.71. The predicted octanol–water partition coefficient (Wildman–Crippen LogP) is 1.93. The monoisotopic (exact) mass is 197 g/mol. The number of rotatable bonds is 3. The van der Waals surface area contributed by atoms with E-state index in [-0.39, 0.29) is 11.6 Å². The molecule has 0 aliphatic rings. The minimum absolute atomic E-state index is 0.0658. The van der Waals surface area contributed by atoms with Gasteiger partial charge in [0.05, 0.1) is 5.56 Å². The third-order valence-corrected chi connectivity index (χ3v) is 2.04. The molecule has 0 unspecified atom stereocenters. The van der Waals surface area contributed by atoms with Gasteiger partial charge in [-0.05, 0) is 30.2 Å². The van der Waals surface area contributed by atoms with Crippen molar-refractivity contribution in [3.05, 3.63) is 35.1 Å². The Bertz CT molecular complexity index is 352. The van der Waals surface area contributed by atoms with Crippen LogP contribution in [-0.4, -0.2) is 11.1 Å². The van der Waals surface area contributed by atoms with E-state index in [0.29, 0.717) is 12.0 Å². The van der Waals surface area contributed by atoms with Crippen LogP contribution in [0.2, 0.25) is 0 Å². The maximum atomic E-state index is 13.0. The summed E-state index contributed by atoms with van der Waals surface area (Å²) >= 11 is 0. The average Bonchev–Trinajstić information content (AvgIpc) is 2.15. The summed E-state index contributed by atoms with van der Waals surface area (Å²) in [5.41, 5.74) is 6.13. The van der Waals surface area contributed by atoms with Gasteiger partial charge in [-0.3, -0.25) is 0 Å². The molecule has 4 heteroatoms. The second-order valence-electron chi connectivity index (χ2n) is 3.09. The lowest BCUT2D eigenvalue weighted by atomic mass is 10.0. The zero-order chi connectivity index (χ0) is 10.7. The molecule has 1 atom stereocenters. The molecular weight excluding hydrogens is 185 g/mol. The van der Waals surface area contributed by atoms with E-state index in [9.17, 15) is 9.18 Å². The Hall–Kier alpha value is -1.42. The quantitative estimate of drug-likeness (QED) is 0.778. The fourth-order valence-electron chi connectivity index (χ4n) is 1.19. The summed E-state index contributed by atoms with van der Waals surface area (Å²) in [6.45, 7) is 1.86. The van der Waals surface area contributed by atoms with Crippen molar-refractivity contribution in [1.82, 2.24) is 0 Å². The molecule has 14 heavy (non-hydrogen) atoms. The number of halogens is 1. The zero-order valence-corrected chi connectivity index (χ0v) is 7.83. The molecule has 0 aliphatic heterocycles. The Kier molecular flexibility index (Phi) is 3.19. The van der Waals surface area contributed by atoms with Gasteiger partial charge in [0.15, 0.2) is 0 Å². The fraction of sp³-hybridized carbons (Fsp3) is 0.300. The average molecular weight is 197 g/mol. The van der Waals surface area contributed by atoms with Crippen molar-refractivity contribution in [1.29, 1.82) is 0 Å². The molecule has 3 N–H and O–H groups in total. The zero-order valence-electron chi connectivity index (χ0n) is 7.83. The fourth-order valence-corrected chi connectivity index (χ4v) is 1.19. The van der Waals surface area contributed by atoms with Crippen molar-refractivity contribution in [3.63, 3.8) is 0 Å². The highest BCUT2D eigenvalue weighted by molar-refractivity contribution is 5.87. The topological polar surface area (TPSA) is 63.3 Å².